The molecule has 1 saturated carbocycles. The molecular formula is C16H25N3O2S2. The van der Waals surface area contributed by atoms with Gasteiger partial charge >= 0.3 is 0 Å². The first-order valence-electron chi connectivity index (χ1n) is 7.98. The monoisotopic (exact) mass is 355 g/mol. The van der Waals surface area contributed by atoms with E-state index in [-0.39, 0.29) is 0 Å². The zero-order chi connectivity index (χ0) is 16.9. The molecule has 1 fully saturated rings. The van der Waals surface area contributed by atoms with Gasteiger partial charge in [-0.3, -0.25) is 4.31 Å². The summed E-state index contributed by atoms with van der Waals surface area (Å²) in [6, 6.07) is 7.66. The van der Waals surface area contributed by atoms with Crippen LogP contribution in [0, 0.1) is 0 Å². The topological polar surface area (TPSA) is 61.4 Å². The van der Waals surface area contributed by atoms with Gasteiger partial charge in [0.25, 0.3) is 0 Å². The normalized spacial score (nSPS) is 16.4. The second-order valence-electron chi connectivity index (χ2n) is 6.07. The van der Waals surface area contributed by atoms with Crippen molar-refractivity contribution >= 4 is 38.7 Å². The molecular weight excluding hydrogens is 330 g/mol. The zero-order valence-corrected chi connectivity index (χ0v) is 15.3. The number of hydrogen-bond acceptors (Lipinski definition) is 3. The fourth-order valence-electron chi connectivity index (χ4n) is 2.75. The molecule has 2 N–H and O–H groups in total. The van der Waals surface area contributed by atoms with Gasteiger partial charge in [-0.15, -0.1) is 0 Å². The van der Waals surface area contributed by atoms with E-state index in [0.29, 0.717) is 16.8 Å². The number of hydrogen-bond donors (Lipinski definition) is 2. The summed E-state index contributed by atoms with van der Waals surface area (Å²) in [5, 5.41) is 7.12. The molecule has 0 unspecified atom stereocenters. The smallest absolute Gasteiger partial charge is 0.231 e. The highest BCUT2D eigenvalue weighted by atomic mass is 32.2. The Morgan fingerprint density at radius 3 is 2.48 bits per heavy atom. The van der Waals surface area contributed by atoms with Crippen molar-refractivity contribution in [3.05, 3.63) is 24.3 Å². The maximum atomic E-state index is 11.6. The number of nitrogens with zero attached hydrogens (tertiary/aromatic N) is 1. The summed E-state index contributed by atoms with van der Waals surface area (Å²) < 4.78 is 24.5. The van der Waals surface area contributed by atoms with Crippen LogP contribution in [0.5, 0.6) is 0 Å². The summed E-state index contributed by atoms with van der Waals surface area (Å²) in [6.45, 7) is 0. The molecule has 23 heavy (non-hydrogen) atoms. The lowest BCUT2D eigenvalue weighted by molar-refractivity contribution is 0.535. The lowest BCUT2D eigenvalue weighted by Gasteiger charge is -2.20. The van der Waals surface area contributed by atoms with Gasteiger partial charge in [-0.25, -0.2) is 8.42 Å². The van der Waals surface area contributed by atoms with Crippen LogP contribution in [0.3, 0.4) is 0 Å². The molecule has 0 saturated heterocycles. The van der Waals surface area contributed by atoms with Crippen LogP contribution in [-0.2, 0) is 10.0 Å². The molecule has 1 aliphatic rings. The Bertz CT molecular complexity index is 638. The van der Waals surface area contributed by atoms with Crippen LogP contribution in [0.2, 0.25) is 0 Å². The number of benzene rings is 1. The quantitative estimate of drug-likeness (QED) is 0.642. The lowest BCUT2D eigenvalue weighted by atomic mass is 10.1. The highest BCUT2D eigenvalue weighted by Gasteiger charge is 2.14. The highest BCUT2D eigenvalue weighted by molar-refractivity contribution is 7.92. The van der Waals surface area contributed by atoms with Gasteiger partial charge in [0.05, 0.1) is 11.9 Å². The van der Waals surface area contributed by atoms with Gasteiger partial charge in [0, 0.05) is 18.8 Å². The van der Waals surface area contributed by atoms with Crippen molar-refractivity contribution in [2.75, 3.05) is 22.9 Å². The van der Waals surface area contributed by atoms with Crippen LogP contribution in [0.1, 0.15) is 38.5 Å². The van der Waals surface area contributed by atoms with E-state index in [1.807, 2.05) is 12.1 Å². The van der Waals surface area contributed by atoms with Crippen molar-refractivity contribution in [3.63, 3.8) is 0 Å². The summed E-state index contributed by atoms with van der Waals surface area (Å²) in [6.07, 6.45) is 8.59. The minimum absolute atomic E-state index is 0.430. The van der Waals surface area contributed by atoms with Crippen LogP contribution in [0.4, 0.5) is 11.4 Å². The minimum Gasteiger partial charge on any atom is -0.360 e. The summed E-state index contributed by atoms with van der Waals surface area (Å²) in [7, 11) is -1.73. The van der Waals surface area contributed by atoms with Crippen LogP contribution in [-0.4, -0.2) is 32.9 Å². The summed E-state index contributed by atoms with van der Waals surface area (Å²) in [5.41, 5.74) is 1.39. The first-order chi connectivity index (χ1) is 10.9. The van der Waals surface area contributed by atoms with Crippen molar-refractivity contribution in [2.45, 2.75) is 44.6 Å². The standard InChI is InChI=1S/C16H25N3O2S2/c1-19(23(2,20)21)15-11-7-10-14(12-15)18-16(22)17-13-8-5-3-4-6-9-13/h7,10-13H,3-6,8-9H2,1-2H3,(H2,17,18,22). The molecule has 0 amide bonds. The fourth-order valence-corrected chi connectivity index (χ4v) is 3.53. The lowest BCUT2D eigenvalue weighted by Crippen LogP contribution is -2.37. The van der Waals surface area contributed by atoms with Gasteiger partial charge in [-0.05, 0) is 43.3 Å². The molecule has 2 rings (SSSR count). The van der Waals surface area contributed by atoms with Crippen LogP contribution in [0.25, 0.3) is 0 Å². The van der Waals surface area contributed by atoms with Gasteiger partial charge < -0.3 is 10.6 Å². The largest absolute Gasteiger partial charge is 0.360 e. The van der Waals surface area contributed by atoms with Crippen molar-refractivity contribution in [1.29, 1.82) is 0 Å². The summed E-state index contributed by atoms with van der Waals surface area (Å²) >= 11 is 5.39. The van der Waals surface area contributed by atoms with E-state index in [0.717, 1.165) is 18.5 Å². The van der Waals surface area contributed by atoms with E-state index < -0.39 is 10.0 Å². The third-order valence-corrected chi connectivity index (χ3v) is 5.58. The predicted octanol–water partition coefficient (Wildman–Crippen LogP) is 3.09. The van der Waals surface area contributed by atoms with Gasteiger partial charge in [-0.1, -0.05) is 31.7 Å². The molecule has 0 heterocycles. The molecule has 1 aliphatic carbocycles. The maximum absolute atomic E-state index is 11.6. The molecule has 0 bridgehead atoms. The van der Waals surface area contributed by atoms with Gasteiger partial charge in [-0.2, -0.15) is 0 Å². The second kappa shape index (κ2) is 7.97. The molecule has 7 heteroatoms. The zero-order valence-electron chi connectivity index (χ0n) is 13.7. The Morgan fingerprint density at radius 1 is 1.22 bits per heavy atom. The number of thiocarbonyl (C=S) groups is 1. The summed E-state index contributed by atoms with van der Waals surface area (Å²) in [4.78, 5) is 0. The molecule has 1 aromatic carbocycles. The van der Waals surface area contributed by atoms with Crippen LogP contribution >= 0.6 is 12.2 Å². The Balaban J connectivity index is 1.98. The van der Waals surface area contributed by atoms with Crippen molar-refractivity contribution in [2.24, 2.45) is 0 Å². The van der Waals surface area contributed by atoms with Crippen LogP contribution in [0.15, 0.2) is 24.3 Å². The van der Waals surface area contributed by atoms with E-state index in [1.54, 1.807) is 12.1 Å². The summed E-state index contributed by atoms with van der Waals surface area (Å²) in [5.74, 6) is 0. The van der Waals surface area contributed by atoms with E-state index >= 15 is 0 Å². The van der Waals surface area contributed by atoms with Gasteiger partial charge in [0.1, 0.15) is 0 Å². The Kier molecular flexibility index (Phi) is 6.24. The molecule has 5 nitrogen and oxygen atoms in total. The van der Waals surface area contributed by atoms with Crippen molar-refractivity contribution < 1.29 is 8.42 Å². The average Bonchev–Trinajstić information content (AvgIpc) is 2.74. The fraction of sp³-hybridized carbons (Fsp3) is 0.562. The number of sulfonamides is 1. The number of rotatable bonds is 4. The molecule has 0 aliphatic heterocycles. The number of anilines is 2. The van der Waals surface area contributed by atoms with Crippen molar-refractivity contribution in [1.82, 2.24) is 5.32 Å². The van der Waals surface area contributed by atoms with Crippen LogP contribution < -0.4 is 14.9 Å². The minimum atomic E-state index is -3.27. The SMILES string of the molecule is CN(c1cccc(NC(=S)NC2CCCCCC2)c1)S(C)(=O)=O. The molecule has 128 valence electrons. The number of nitrogens with one attached hydrogen (secondary N) is 2. The predicted molar refractivity (Wildman–Crippen MR) is 101 cm³/mol. The van der Waals surface area contributed by atoms with Gasteiger partial charge in [0.2, 0.25) is 10.0 Å². The molecule has 0 radical (unpaired) electrons. The Labute approximate surface area is 144 Å². The average molecular weight is 356 g/mol. The third kappa shape index (κ3) is 5.66. The first kappa shape index (κ1) is 18.0. The molecule has 0 aromatic heterocycles. The third-order valence-electron chi connectivity index (χ3n) is 4.16. The van der Waals surface area contributed by atoms with E-state index in [4.69, 9.17) is 12.2 Å². The Hall–Kier alpha value is -1.34. The van der Waals surface area contributed by atoms with E-state index in [2.05, 4.69) is 10.6 Å². The maximum Gasteiger partial charge on any atom is 0.231 e. The Morgan fingerprint density at radius 2 is 1.87 bits per heavy atom. The molecule has 1 aromatic rings. The highest BCUT2D eigenvalue weighted by Crippen LogP contribution is 2.21. The molecule has 0 spiro atoms. The van der Waals surface area contributed by atoms with E-state index in [9.17, 15) is 8.42 Å². The second-order valence-corrected chi connectivity index (χ2v) is 8.49. The molecule has 0 atom stereocenters. The first-order valence-corrected chi connectivity index (χ1v) is 10.2. The van der Waals surface area contributed by atoms with E-state index in [1.165, 1.54) is 43.3 Å². The van der Waals surface area contributed by atoms with Crippen molar-refractivity contribution in [3.8, 4) is 0 Å². The van der Waals surface area contributed by atoms with Gasteiger partial charge in [0.15, 0.2) is 5.11 Å².